The predicted molar refractivity (Wildman–Crippen MR) is 98.4 cm³/mol. The van der Waals surface area contributed by atoms with Gasteiger partial charge in [0.15, 0.2) is 6.10 Å². The number of hydrogen-bond donors (Lipinski definition) is 1. The molecule has 3 rings (SSSR count). The number of ether oxygens (including phenoxy) is 1. The van der Waals surface area contributed by atoms with E-state index >= 15 is 0 Å². The fourth-order valence-electron chi connectivity index (χ4n) is 2.58. The first-order valence-electron chi connectivity index (χ1n) is 8.08. The zero-order chi connectivity index (χ0) is 17.6. The van der Waals surface area contributed by atoms with Crippen molar-refractivity contribution in [2.45, 2.75) is 19.4 Å². The van der Waals surface area contributed by atoms with Gasteiger partial charge in [-0.1, -0.05) is 48.5 Å². The molecule has 1 amide bonds. The number of nitriles is 1. The third-order valence-corrected chi connectivity index (χ3v) is 3.93. The van der Waals surface area contributed by atoms with E-state index in [1.807, 2.05) is 54.6 Å². The molecule has 0 aromatic heterocycles. The Kier molecular flexibility index (Phi) is 4.96. The third-order valence-electron chi connectivity index (χ3n) is 3.93. The van der Waals surface area contributed by atoms with Gasteiger partial charge in [0, 0.05) is 11.1 Å². The lowest BCUT2D eigenvalue weighted by atomic mass is 10.1. The van der Waals surface area contributed by atoms with Crippen LogP contribution in [-0.2, 0) is 11.2 Å². The summed E-state index contributed by atoms with van der Waals surface area (Å²) in [5.41, 5.74) is 1.60. The Hall–Kier alpha value is -3.32. The van der Waals surface area contributed by atoms with E-state index in [0.29, 0.717) is 17.9 Å². The number of anilines is 1. The molecular weight excluding hydrogens is 312 g/mol. The molecule has 0 saturated carbocycles. The molecule has 1 atom stereocenters. The first kappa shape index (κ1) is 16.5. The number of carbonyl (C=O) groups is 1. The molecule has 4 heteroatoms. The van der Waals surface area contributed by atoms with Crippen molar-refractivity contribution in [2.24, 2.45) is 0 Å². The highest BCUT2D eigenvalue weighted by atomic mass is 16.5. The summed E-state index contributed by atoms with van der Waals surface area (Å²) in [5.74, 6) is 0.464. The Morgan fingerprint density at radius 2 is 1.80 bits per heavy atom. The Morgan fingerprint density at radius 3 is 2.56 bits per heavy atom. The second kappa shape index (κ2) is 7.50. The van der Waals surface area contributed by atoms with Gasteiger partial charge in [-0.05, 0) is 36.1 Å². The van der Waals surface area contributed by atoms with Crippen LogP contribution in [0.2, 0.25) is 0 Å². The van der Waals surface area contributed by atoms with E-state index in [1.165, 1.54) is 0 Å². The molecule has 1 N–H and O–H groups in total. The number of fused-ring (bicyclic) bond motifs is 1. The SMILES string of the molecule is C[C@@H](Oc1cccc2ccccc12)C(=O)Nc1ccc(CC#N)cc1. The predicted octanol–water partition coefficient (Wildman–Crippen LogP) is 4.31. The zero-order valence-electron chi connectivity index (χ0n) is 13.9. The molecule has 25 heavy (non-hydrogen) atoms. The molecule has 0 radical (unpaired) electrons. The van der Waals surface area contributed by atoms with Crippen LogP contribution in [0.5, 0.6) is 5.75 Å². The molecule has 4 nitrogen and oxygen atoms in total. The average Bonchev–Trinajstić information content (AvgIpc) is 2.64. The van der Waals surface area contributed by atoms with Crippen LogP contribution in [0.1, 0.15) is 12.5 Å². The molecule has 3 aromatic rings. The van der Waals surface area contributed by atoms with Gasteiger partial charge in [0.1, 0.15) is 5.75 Å². The van der Waals surface area contributed by atoms with Crippen LogP contribution in [0.4, 0.5) is 5.69 Å². The monoisotopic (exact) mass is 330 g/mol. The second-order valence-electron chi connectivity index (χ2n) is 5.76. The summed E-state index contributed by atoms with van der Waals surface area (Å²) in [5, 5.41) is 13.6. The van der Waals surface area contributed by atoms with Gasteiger partial charge in [-0.15, -0.1) is 0 Å². The third kappa shape index (κ3) is 3.96. The van der Waals surface area contributed by atoms with Crippen molar-refractivity contribution < 1.29 is 9.53 Å². The molecule has 0 saturated heterocycles. The molecular formula is C21H18N2O2. The van der Waals surface area contributed by atoms with Gasteiger partial charge in [-0.3, -0.25) is 4.79 Å². The van der Waals surface area contributed by atoms with Crippen LogP contribution in [0.3, 0.4) is 0 Å². The molecule has 0 bridgehead atoms. The second-order valence-corrected chi connectivity index (χ2v) is 5.76. The van der Waals surface area contributed by atoms with Gasteiger partial charge >= 0.3 is 0 Å². The van der Waals surface area contributed by atoms with Gasteiger partial charge in [0.05, 0.1) is 12.5 Å². The van der Waals surface area contributed by atoms with Gasteiger partial charge in [-0.2, -0.15) is 5.26 Å². The first-order valence-corrected chi connectivity index (χ1v) is 8.08. The van der Waals surface area contributed by atoms with Crippen molar-refractivity contribution in [3.63, 3.8) is 0 Å². The molecule has 0 aliphatic rings. The summed E-state index contributed by atoms with van der Waals surface area (Å²) >= 11 is 0. The topological polar surface area (TPSA) is 62.1 Å². The maximum atomic E-state index is 12.4. The Bertz CT molecular complexity index is 921. The highest BCUT2D eigenvalue weighted by molar-refractivity contribution is 5.95. The van der Waals surface area contributed by atoms with Gasteiger partial charge in [-0.25, -0.2) is 0 Å². The Morgan fingerprint density at radius 1 is 1.08 bits per heavy atom. The van der Waals surface area contributed by atoms with Crippen molar-refractivity contribution in [2.75, 3.05) is 5.32 Å². The summed E-state index contributed by atoms with van der Waals surface area (Å²) in [7, 11) is 0. The highest BCUT2D eigenvalue weighted by Crippen LogP contribution is 2.26. The maximum absolute atomic E-state index is 12.4. The molecule has 3 aromatic carbocycles. The van der Waals surface area contributed by atoms with Crippen molar-refractivity contribution >= 4 is 22.4 Å². The summed E-state index contributed by atoms with van der Waals surface area (Å²) in [6.45, 7) is 1.72. The number of carbonyl (C=O) groups excluding carboxylic acids is 1. The summed E-state index contributed by atoms with van der Waals surface area (Å²) in [6, 6.07) is 23.0. The maximum Gasteiger partial charge on any atom is 0.265 e. The van der Waals surface area contributed by atoms with E-state index in [4.69, 9.17) is 10.00 Å². The van der Waals surface area contributed by atoms with E-state index in [-0.39, 0.29) is 5.91 Å². The molecule has 124 valence electrons. The number of rotatable bonds is 5. The number of nitrogens with one attached hydrogen (secondary N) is 1. The minimum atomic E-state index is -0.635. The normalized spacial score (nSPS) is 11.5. The van der Waals surface area contributed by atoms with E-state index in [2.05, 4.69) is 11.4 Å². The first-order chi connectivity index (χ1) is 12.2. The standard InChI is InChI=1S/C21H18N2O2/c1-15(21(24)23-18-11-9-16(10-12-18)13-14-22)25-20-8-4-6-17-5-2-3-7-19(17)20/h2-12,15H,13H2,1H3,(H,23,24)/t15-/m1/s1. The lowest BCUT2D eigenvalue weighted by Crippen LogP contribution is -2.30. The number of benzene rings is 3. The van der Waals surface area contributed by atoms with Crippen LogP contribution in [0, 0.1) is 11.3 Å². The molecule has 0 unspecified atom stereocenters. The van der Waals surface area contributed by atoms with Crippen LogP contribution in [0.15, 0.2) is 66.7 Å². The molecule has 0 spiro atoms. The van der Waals surface area contributed by atoms with Crippen LogP contribution >= 0.6 is 0 Å². The molecule has 0 aliphatic carbocycles. The van der Waals surface area contributed by atoms with Gasteiger partial charge in [0.25, 0.3) is 5.91 Å². The molecule has 0 heterocycles. The fraction of sp³-hybridized carbons (Fsp3) is 0.143. The summed E-state index contributed by atoms with van der Waals surface area (Å²) < 4.78 is 5.87. The van der Waals surface area contributed by atoms with Crippen molar-refractivity contribution in [1.82, 2.24) is 0 Å². The van der Waals surface area contributed by atoms with E-state index < -0.39 is 6.10 Å². The van der Waals surface area contributed by atoms with Crippen LogP contribution < -0.4 is 10.1 Å². The van der Waals surface area contributed by atoms with Crippen molar-refractivity contribution in [3.05, 3.63) is 72.3 Å². The quantitative estimate of drug-likeness (QED) is 0.758. The van der Waals surface area contributed by atoms with Crippen molar-refractivity contribution in [3.8, 4) is 11.8 Å². The van der Waals surface area contributed by atoms with E-state index in [0.717, 1.165) is 16.3 Å². The average molecular weight is 330 g/mol. The minimum Gasteiger partial charge on any atom is -0.480 e. The smallest absolute Gasteiger partial charge is 0.265 e. The van der Waals surface area contributed by atoms with Crippen LogP contribution in [-0.4, -0.2) is 12.0 Å². The summed E-state index contributed by atoms with van der Waals surface area (Å²) in [4.78, 5) is 12.4. The fourth-order valence-corrected chi connectivity index (χ4v) is 2.58. The number of nitrogens with zero attached hydrogens (tertiary/aromatic N) is 1. The largest absolute Gasteiger partial charge is 0.480 e. The number of hydrogen-bond acceptors (Lipinski definition) is 3. The zero-order valence-corrected chi connectivity index (χ0v) is 13.9. The van der Waals surface area contributed by atoms with Crippen molar-refractivity contribution in [1.29, 1.82) is 5.26 Å². The highest BCUT2D eigenvalue weighted by Gasteiger charge is 2.16. The van der Waals surface area contributed by atoms with E-state index in [9.17, 15) is 4.79 Å². The van der Waals surface area contributed by atoms with Gasteiger partial charge in [0.2, 0.25) is 0 Å². The van der Waals surface area contributed by atoms with E-state index in [1.54, 1.807) is 19.1 Å². The Labute approximate surface area is 146 Å². The number of amides is 1. The van der Waals surface area contributed by atoms with Crippen LogP contribution in [0.25, 0.3) is 10.8 Å². The molecule has 0 aliphatic heterocycles. The minimum absolute atomic E-state index is 0.221. The van der Waals surface area contributed by atoms with Gasteiger partial charge < -0.3 is 10.1 Å². The lowest BCUT2D eigenvalue weighted by molar-refractivity contribution is -0.122. The summed E-state index contributed by atoms with van der Waals surface area (Å²) in [6.07, 6.45) is -0.279. The molecule has 0 fully saturated rings. The Balaban J connectivity index is 1.69. The lowest BCUT2D eigenvalue weighted by Gasteiger charge is -2.16.